The molecule has 0 fully saturated rings. The quantitative estimate of drug-likeness (QED) is 0.644. The van der Waals surface area contributed by atoms with E-state index in [0.29, 0.717) is 18.0 Å². The molecule has 6 heteroatoms. The minimum Gasteiger partial charge on any atom is -0.494 e. The summed E-state index contributed by atoms with van der Waals surface area (Å²) >= 11 is 0. The zero-order valence-electron chi connectivity index (χ0n) is 13.7. The number of carbonyl (C=O) groups excluding carboxylic acids is 2. The molecular weight excluding hydrogens is 282 g/mol. The number of carbonyl (C=O) groups is 2. The molecule has 0 radical (unpaired) electrons. The molecule has 1 aromatic carbocycles. The van der Waals surface area contributed by atoms with Gasteiger partial charge in [0.1, 0.15) is 11.8 Å². The number of nitrogens with one attached hydrogen (secondary N) is 3. The molecule has 6 nitrogen and oxygen atoms in total. The Morgan fingerprint density at radius 2 is 2.05 bits per heavy atom. The fraction of sp³-hybridized carbons (Fsp3) is 0.500. The number of hydrogen-bond donors (Lipinski definition) is 3. The van der Waals surface area contributed by atoms with E-state index in [9.17, 15) is 9.59 Å². The molecule has 1 aromatic rings. The van der Waals surface area contributed by atoms with E-state index >= 15 is 0 Å². The molecule has 0 aromatic heterocycles. The van der Waals surface area contributed by atoms with Crippen LogP contribution < -0.4 is 20.7 Å². The van der Waals surface area contributed by atoms with Gasteiger partial charge in [-0.25, -0.2) is 0 Å². The molecule has 0 spiro atoms. The van der Waals surface area contributed by atoms with E-state index in [4.69, 9.17) is 4.74 Å². The van der Waals surface area contributed by atoms with Gasteiger partial charge in [0.05, 0.1) is 12.8 Å². The highest BCUT2D eigenvalue weighted by Gasteiger charge is 2.13. The molecule has 2 amide bonds. The van der Waals surface area contributed by atoms with Crippen molar-refractivity contribution in [2.24, 2.45) is 0 Å². The first kappa shape index (κ1) is 17.8. The van der Waals surface area contributed by atoms with Crippen LogP contribution >= 0.6 is 0 Å². The van der Waals surface area contributed by atoms with Crippen LogP contribution in [0.1, 0.15) is 33.6 Å². The highest BCUT2D eigenvalue weighted by Crippen LogP contribution is 2.28. The number of ether oxygens (including phenoxy) is 1. The average molecular weight is 307 g/mol. The Bertz CT molecular complexity index is 517. The molecular formula is C16H25N3O3. The third-order valence-corrected chi connectivity index (χ3v) is 3.12. The van der Waals surface area contributed by atoms with Crippen molar-refractivity contribution in [1.29, 1.82) is 0 Å². The van der Waals surface area contributed by atoms with Gasteiger partial charge in [0.15, 0.2) is 0 Å². The second-order valence-corrected chi connectivity index (χ2v) is 5.11. The summed E-state index contributed by atoms with van der Waals surface area (Å²) in [5.74, 6) is 0.333. The number of anilines is 2. The summed E-state index contributed by atoms with van der Waals surface area (Å²) in [4.78, 5) is 23.1. The van der Waals surface area contributed by atoms with Crippen molar-refractivity contribution in [1.82, 2.24) is 5.32 Å². The highest BCUT2D eigenvalue weighted by molar-refractivity contribution is 5.91. The molecule has 0 saturated carbocycles. The van der Waals surface area contributed by atoms with E-state index in [1.165, 1.54) is 14.0 Å². The van der Waals surface area contributed by atoms with Gasteiger partial charge in [-0.2, -0.15) is 0 Å². The number of amides is 2. The van der Waals surface area contributed by atoms with E-state index < -0.39 is 0 Å². The van der Waals surface area contributed by atoms with Gasteiger partial charge in [-0.3, -0.25) is 9.59 Å². The predicted molar refractivity (Wildman–Crippen MR) is 88.3 cm³/mol. The monoisotopic (exact) mass is 307 g/mol. The number of hydrogen-bond acceptors (Lipinski definition) is 4. The second-order valence-electron chi connectivity index (χ2n) is 5.11. The van der Waals surface area contributed by atoms with E-state index in [0.717, 1.165) is 18.5 Å². The Morgan fingerprint density at radius 1 is 1.32 bits per heavy atom. The molecule has 0 aliphatic heterocycles. The maximum Gasteiger partial charge on any atom is 0.242 e. The Balaban J connectivity index is 2.69. The minimum atomic E-state index is -0.354. The third kappa shape index (κ3) is 5.63. The first-order chi connectivity index (χ1) is 10.5. The van der Waals surface area contributed by atoms with Crippen molar-refractivity contribution in [2.45, 2.75) is 39.7 Å². The summed E-state index contributed by atoms with van der Waals surface area (Å²) in [5, 5.41) is 8.69. The maximum atomic E-state index is 11.9. The van der Waals surface area contributed by atoms with Crippen molar-refractivity contribution in [3.8, 4) is 5.75 Å². The van der Waals surface area contributed by atoms with Crippen LogP contribution in [0.3, 0.4) is 0 Å². The van der Waals surface area contributed by atoms with Crippen LogP contribution in [-0.2, 0) is 9.59 Å². The van der Waals surface area contributed by atoms with Gasteiger partial charge in [0.2, 0.25) is 11.8 Å². The summed E-state index contributed by atoms with van der Waals surface area (Å²) in [6, 6.07) is 4.93. The lowest BCUT2D eigenvalue weighted by Crippen LogP contribution is -2.37. The van der Waals surface area contributed by atoms with Crippen molar-refractivity contribution >= 4 is 23.2 Å². The average Bonchev–Trinajstić information content (AvgIpc) is 2.48. The summed E-state index contributed by atoms with van der Waals surface area (Å²) in [6.45, 7) is 6.01. The molecule has 1 atom stereocenters. The van der Waals surface area contributed by atoms with Crippen LogP contribution in [0.25, 0.3) is 0 Å². The standard InChI is InChI=1S/C16H25N3O3/c1-5-6-9-17-16(21)11(2)18-13-7-8-14(19-12(3)20)15(10-13)22-4/h7-8,10-11,18H,5-6,9H2,1-4H3,(H,17,21)(H,19,20). The topological polar surface area (TPSA) is 79.5 Å². The van der Waals surface area contributed by atoms with Gasteiger partial charge in [0, 0.05) is 25.2 Å². The third-order valence-electron chi connectivity index (χ3n) is 3.12. The van der Waals surface area contributed by atoms with Crippen LogP contribution in [0.5, 0.6) is 5.75 Å². The molecule has 0 heterocycles. The highest BCUT2D eigenvalue weighted by atomic mass is 16.5. The molecule has 0 aliphatic rings. The molecule has 1 unspecified atom stereocenters. The molecule has 22 heavy (non-hydrogen) atoms. The van der Waals surface area contributed by atoms with E-state index in [1.54, 1.807) is 25.1 Å². The summed E-state index contributed by atoms with van der Waals surface area (Å²) in [5.41, 5.74) is 1.35. The molecule has 122 valence electrons. The van der Waals surface area contributed by atoms with E-state index in [1.807, 2.05) is 0 Å². The van der Waals surface area contributed by atoms with Gasteiger partial charge >= 0.3 is 0 Å². The number of unbranched alkanes of at least 4 members (excludes halogenated alkanes) is 1. The fourth-order valence-corrected chi connectivity index (χ4v) is 1.93. The van der Waals surface area contributed by atoms with Gasteiger partial charge in [-0.15, -0.1) is 0 Å². The number of benzene rings is 1. The molecule has 1 rings (SSSR count). The lowest BCUT2D eigenvalue weighted by atomic mass is 10.2. The van der Waals surface area contributed by atoms with Crippen molar-refractivity contribution in [3.63, 3.8) is 0 Å². The van der Waals surface area contributed by atoms with E-state index in [-0.39, 0.29) is 17.9 Å². The van der Waals surface area contributed by atoms with Gasteiger partial charge in [0.25, 0.3) is 0 Å². The minimum absolute atomic E-state index is 0.0432. The Kier molecular flexibility index (Phi) is 7.22. The van der Waals surface area contributed by atoms with Gasteiger partial charge in [-0.1, -0.05) is 13.3 Å². The molecule has 3 N–H and O–H groups in total. The molecule has 0 saturated heterocycles. The molecule has 0 aliphatic carbocycles. The molecule has 0 bridgehead atoms. The first-order valence-corrected chi connectivity index (χ1v) is 7.47. The summed E-state index contributed by atoms with van der Waals surface area (Å²) in [7, 11) is 1.53. The van der Waals surface area contributed by atoms with Crippen LogP contribution in [0.15, 0.2) is 18.2 Å². The normalized spacial score (nSPS) is 11.5. The van der Waals surface area contributed by atoms with Gasteiger partial charge in [-0.05, 0) is 25.5 Å². The number of rotatable bonds is 8. The first-order valence-electron chi connectivity index (χ1n) is 7.47. The van der Waals surface area contributed by atoms with Crippen molar-refractivity contribution < 1.29 is 14.3 Å². The van der Waals surface area contributed by atoms with Crippen LogP contribution in [0.2, 0.25) is 0 Å². The summed E-state index contributed by atoms with van der Waals surface area (Å²) < 4.78 is 5.25. The van der Waals surface area contributed by atoms with Crippen molar-refractivity contribution in [3.05, 3.63) is 18.2 Å². The number of methoxy groups -OCH3 is 1. The van der Waals surface area contributed by atoms with Crippen molar-refractivity contribution in [2.75, 3.05) is 24.3 Å². The van der Waals surface area contributed by atoms with Crippen LogP contribution in [-0.4, -0.2) is 31.5 Å². The SMILES string of the molecule is CCCCNC(=O)C(C)Nc1ccc(NC(C)=O)c(OC)c1. The smallest absolute Gasteiger partial charge is 0.242 e. The van der Waals surface area contributed by atoms with Crippen LogP contribution in [0.4, 0.5) is 11.4 Å². The lowest BCUT2D eigenvalue weighted by Gasteiger charge is -2.17. The predicted octanol–water partition coefficient (Wildman–Crippen LogP) is 2.37. The van der Waals surface area contributed by atoms with Crippen LogP contribution in [0, 0.1) is 0 Å². The Morgan fingerprint density at radius 3 is 2.64 bits per heavy atom. The summed E-state index contributed by atoms with van der Waals surface area (Å²) in [6.07, 6.45) is 2.02. The lowest BCUT2D eigenvalue weighted by molar-refractivity contribution is -0.121. The van der Waals surface area contributed by atoms with Gasteiger partial charge < -0.3 is 20.7 Å². The fourth-order valence-electron chi connectivity index (χ4n) is 1.93. The zero-order chi connectivity index (χ0) is 16.5. The Hall–Kier alpha value is -2.24. The maximum absolute atomic E-state index is 11.9. The Labute approximate surface area is 131 Å². The largest absolute Gasteiger partial charge is 0.494 e. The zero-order valence-corrected chi connectivity index (χ0v) is 13.7. The second kappa shape index (κ2) is 8.92. The van der Waals surface area contributed by atoms with E-state index in [2.05, 4.69) is 22.9 Å².